The summed E-state index contributed by atoms with van der Waals surface area (Å²) in [5, 5.41) is 4.03. The van der Waals surface area contributed by atoms with Gasteiger partial charge in [0.2, 0.25) is 0 Å². The predicted octanol–water partition coefficient (Wildman–Crippen LogP) is 1.43. The van der Waals surface area contributed by atoms with Crippen LogP contribution in [0.1, 0.15) is 5.56 Å². The Hall–Kier alpha value is -0.930. The minimum absolute atomic E-state index is 0. The van der Waals surface area contributed by atoms with Gasteiger partial charge in [-0.25, -0.2) is 0 Å². The van der Waals surface area contributed by atoms with Gasteiger partial charge in [-0.05, 0) is 6.07 Å². The molecule has 2 rings (SSSR count). The van der Waals surface area contributed by atoms with Gasteiger partial charge in [0.1, 0.15) is 0 Å². The zero-order chi connectivity index (χ0) is 6.97. The van der Waals surface area contributed by atoms with E-state index >= 15 is 0 Å². The lowest BCUT2D eigenvalue weighted by Gasteiger charge is -1.94. The van der Waals surface area contributed by atoms with Crippen molar-refractivity contribution in [1.29, 1.82) is 0 Å². The van der Waals surface area contributed by atoms with Crippen molar-refractivity contribution in [2.75, 3.05) is 0 Å². The molecule has 0 amide bonds. The lowest BCUT2D eigenvalue weighted by atomic mass is 10.2. The summed E-state index contributed by atoms with van der Waals surface area (Å²) < 4.78 is 0. The van der Waals surface area contributed by atoms with Crippen LogP contribution in [0.4, 0.5) is 5.69 Å². The summed E-state index contributed by atoms with van der Waals surface area (Å²) in [7, 11) is 0. The first-order valence-electron chi connectivity index (χ1n) is 2.99. The monoisotopic (exact) mass is 204 g/mol. The first kappa shape index (κ1) is 11.1. The van der Waals surface area contributed by atoms with Crippen LogP contribution in [-0.4, -0.2) is 4.98 Å². The van der Waals surface area contributed by atoms with Gasteiger partial charge >= 0.3 is 0 Å². The second-order valence-corrected chi connectivity index (χ2v) is 2.11. The molecule has 0 bridgehead atoms. The first-order chi connectivity index (χ1) is 4.88. The van der Waals surface area contributed by atoms with Gasteiger partial charge in [-0.1, -0.05) is 0 Å². The topological polar surface area (TPSA) is 53.0 Å². The number of halogens is 2. The molecule has 12 heavy (non-hydrogen) atoms. The highest BCUT2D eigenvalue weighted by Crippen LogP contribution is 2.24. The number of nitrogens with zero attached hydrogens (tertiary/aromatic N) is 2. The molecule has 1 aromatic rings. The maximum absolute atomic E-state index is 5.59. The Morgan fingerprint density at radius 1 is 1.25 bits per heavy atom. The van der Waals surface area contributed by atoms with E-state index in [9.17, 15) is 0 Å². The lowest BCUT2D eigenvalue weighted by Crippen LogP contribution is -1.91. The molecule has 0 spiro atoms. The zero-order valence-electron chi connectivity index (χ0n) is 6.10. The van der Waals surface area contributed by atoms with Crippen LogP contribution in [-0.2, 0) is 0 Å². The van der Waals surface area contributed by atoms with Crippen molar-refractivity contribution in [3.05, 3.63) is 30.2 Å². The second-order valence-electron chi connectivity index (χ2n) is 2.11. The fraction of sp³-hybridized carbons (Fsp3) is 0. The van der Waals surface area contributed by atoms with E-state index in [1.807, 2.05) is 6.07 Å². The Morgan fingerprint density at radius 3 is 2.67 bits per heavy atom. The molecule has 0 atom stereocenters. The molecule has 1 aromatic heterocycles. The maximum atomic E-state index is 5.59. The summed E-state index contributed by atoms with van der Waals surface area (Å²) in [4.78, 5) is 3.91. The molecule has 0 aliphatic carbocycles. The van der Waals surface area contributed by atoms with Gasteiger partial charge in [-0.3, -0.25) is 10.3 Å². The SMILES string of the molecule is Cl.Cl.NC1=C[N]c2cnccc21. The Labute approximate surface area is 82.9 Å². The van der Waals surface area contributed by atoms with Crippen molar-refractivity contribution in [3.8, 4) is 0 Å². The van der Waals surface area contributed by atoms with E-state index in [1.165, 1.54) is 0 Å². The van der Waals surface area contributed by atoms with Gasteiger partial charge in [0.15, 0.2) is 0 Å². The number of aromatic nitrogens is 1. The Bertz CT molecular complexity index is 298. The molecule has 0 aromatic carbocycles. The van der Waals surface area contributed by atoms with Crippen LogP contribution in [0.5, 0.6) is 0 Å². The molecule has 0 unspecified atom stereocenters. The van der Waals surface area contributed by atoms with Crippen molar-refractivity contribution >= 4 is 36.2 Å². The minimum Gasteiger partial charge on any atom is -0.397 e. The third-order valence-electron chi connectivity index (χ3n) is 1.45. The fourth-order valence-electron chi connectivity index (χ4n) is 0.942. The van der Waals surface area contributed by atoms with Crippen LogP contribution in [0.15, 0.2) is 24.7 Å². The van der Waals surface area contributed by atoms with Gasteiger partial charge in [0, 0.05) is 11.8 Å². The number of rotatable bonds is 0. The molecule has 0 saturated heterocycles. The van der Waals surface area contributed by atoms with Crippen LogP contribution < -0.4 is 11.1 Å². The molecule has 3 nitrogen and oxygen atoms in total. The van der Waals surface area contributed by atoms with Crippen molar-refractivity contribution in [2.24, 2.45) is 5.73 Å². The maximum Gasteiger partial charge on any atom is 0.0907 e. The smallest absolute Gasteiger partial charge is 0.0907 e. The van der Waals surface area contributed by atoms with Crippen molar-refractivity contribution in [1.82, 2.24) is 10.3 Å². The highest BCUT2D eigenvalue weighted by molar-refractivity contribution is 5.85. The van der Waals surface area contributed by atoms with Gasteiger partial charge in [0.25, 0.3) is 0 Å². The second kappa shape index (κ2) is 4.18. The van der Waals surface area contributed by atoms with E-state index in [0.717, 1.165) is 16.9 Å². The Morgan fingerprint density at radius 2 is 2.00 bits per heavy atom. The van der Waals surface area contributed by atoms with E-state index < -0.39 is 0 Å². The summed E-state index contributed by atoms with van der Waals surface area (Å²) in [5.41, 5.74) is 8.15. The van der Waals surface area contributed by atoms with Gasteiger partial charge in [0.05, 0.1) is 23.8 Å². The molecule has 2 heterocycles. The molecule has 5 heteroatoms. The van der Waals surface area contributed by atoms with Gasteiger partial charge in [-0.15, -0.1) is 24.8 Å². The highest BCUT2D eigenvalue weighted by atomic mass is 35.5. The van der Waals surface area contributed by atoms with E-state index in [4.69, 9.17) is 5.73 Å². The summed E-state index contributed by atoms with van der Waals surface area (Å²) in [6, 6.07) is 1.86. The van der Waals surface area contributed by atoms with E-state index in [2.05, 4.69) is 10.3 Å². The average molecular weight is 205 g/mol. The zero-order valence-corrected chi connectivity index (χ0v) is 7.73. The quantitative estimate of drug-likeness (QED) is 0.696. The largest absolute Gasteiger partial charge is 0.397 e. The number of fused-ring (bicyclic) bond motifs is 1. The summed E-state index contributed by atoms with van der Waals surface area (Å²) >= 11 is 0. The van der Waals surface area contributed by atoms with Gasteiger partial charge in [-0.2, -0.15) is 0 Å². The van der Waals surface area contributed by atoms with Crippen LogP contribution in [0.2, 0.25) is 0 Å². The van der Waals surface area contributed by atoms with Crippen LogP contribution in [0.3, 0.4) is 0 Å². The lowest BCUT2D eigenvalue weighted by molar-refractivity contribution is 1.17. The molecule has 1 radical (unpaired) electrons. The Balaban J connectivity index is 0.000000605. The van der Waals surface area contributed by atoms with Crippen molar-refractivity contribution in [2.45, 2.75) is 0 Å². The van der Waals surface area contributed by atoms with E-state index in [-0.39, 0.29) is 24.8 Å². The number of nitrogens with two attached hydrogens (primary N) is 1. The number of hydrogen-bond acceptors (Lipinski definition) is 2. The third kappa shape index (κ3) is 1.62. The molecule has 1 aliphatic rings. The molecular formula is C7H8Cl2N3. The standard InChI is InChI=1S/C7H6N3.2ClH/c8-6-3-10-7-4-9-2-1-5(6)7;;/h1-4H,8H2;2*1H. The molecule has 0 saturated carbocycles. The highest BCUT2D eigenvalue weighted by Gasteiger charge is 2.10. The molecule has 1 aliphatic heterocycles. The summed E-state index contributed by atoms with van der Waals surface area (Å²) in [6.45, 7) is 0. The number of pyridine rings is 1. The molecule has 2 N–H and O–H groups in total. The summed E-state index contributed by atoms with van der Waals surface area (Å²) in [6.07, 6.45) is 5.05. The summed E-state index contributed by atoms with van der Waals surface area (Å²) in [5.74, 6) is 0. The van der Waals surface area contributed by atoms with Crippen LogP contribution in [0.25, 0.3) is 5.70 Å². The van der Waals surface area contributed by atoms with Crippen molar-refractivity contribution < 1.29 is 0 Å². The first-order valence-corrected chi connectivity index (χ1v) is 2.99. The molecule has 65 valence electrons. The van der Waals surface area contributed by atoms with E-state index in [0.29, 0.717) is 0 Å². The fourth-order valence-corrected chi connectivity index (χ4v) is 0.942. The average Bonchev–Trinajstić information content (AvgIpc) is 2.34. The minimum atomic E-state index is 0. The van der Waals surface area contributed by atoms with E-state index in [1.54, 1.807) is 18.6 Å². The van der Waals surface area contributed by atoms with Crippen LogP contribution in [0, 0.1) is 0 Å². The predicted molar refractivity (Wildman–Crippen MR) is 52.7 cm³/mol. The van der Waals surface area contributed by atoms with Crippen LogP contribution >= 0.6 is 24.8 Å². The van der Waals surface area contributed by atoms with Crippen molar-refractivity contribution in [3.63, 3.8) is 0 Å². The molecular weight excluding hydrogens is 197 g/mol. The number of hydrogen-bond donors (Lipinski definition) is 1. The normalized spacial score (nSPS) is 11.5. The Kier molecular flexibility index (Phi) is 3.86. The van der Waals surface area contributed by atoms with Gasteiger partial charge < -0.3 is 5.73 Å². The molecule has 0 fully saturated rings. The third-order valence-corrected chi connectivity index (χ3v) is 1.45.